The molecule has 1 N–H and O–H groups in total. The Bertz CT molecular complexity index is 255. The van der Waals surface area contributed by atoms with E-state index < -0.39 is 0 Å². The first-order chi connectivity index (χ1) is 5.56. The van der Waals surface area contributed by atoms with E-state index in [-0.39, 0.29) is 5.54 Å². The van der Waals surface area contributed by atoms with Crippen molar-refractivity contribution in [1.29, 1.82) is 0 Å². The summed E-state index contributed by atoms with van der Waals surface area (Å²) in [5.74, 6) is 1.32. The van der Waals surface area contributed by atoms with Gasteiger partial charge < -0.3 is 9.84 Å². The number of hydrogen-bond acceptors (Lipinski definition) is 4. The average Bonchev–Trinajstić information content (AvgIpc) is 2.36. The molecule has 0 spiro atoms. The normalized spacial score (nSPS) is 12.0. The van der Waals surface area contributed by atoms with Crippen LogP contribution in [0.1, 0.15) is 32.5 Å². The second-order valence-corrected chi connectivity index (χ2v) is 3.30. The molecular formula is C8H15N3O. The zero-order chi connectivity index (χ0) is 9.19. The van der Waals surface area contributed by atoms with Gasteiger partial charge in [-0.05, 0) is 27.3 Å². The monoisotopic (exact) mass is 169 g/mol. The molecule has 12 heavy (non-hydrogen) atoms. The molecule has 68 valence electrons. The Morgan fingerprint density at radius 2 is 2.17 bits per heavy atom. The van der Waals surface area contributed by atoms with Crippen molar-refractivity contribution < 1.29 is 4.52 Å². The van der Waals surface area contributed by atoms with Crippen LogP contribution >= 0.6 is 0 Å². The van der Waals surface area contributed by atoms with Gasteiger partial charge in [0.25, 0.3) is 0 Å². The Labute approximate surface area is 72.4 Å². The molecule has 4 heteroatoms. The number of aromatic nitrogens is 2. The minimum Gasteiger partial charge on any atom is -0.337 e. The molecule has 0 aliphatic heterocycles. The molecule has 0 saturated carbocycles. The zero-order valence-electron chi connectivity index (χ0n) is 8.01. The maximum Gasteiger partial charge on any atom is 0.246 e. The smallest absolute Gasteiger partial charge is 0.246 e. The molecule has 0 atom stereocenters. The minimum absolute atomic E-state index is 0.226. The third-order valence-electron chi connectivity index (χ3n) is 1.68. The van der Waals surface area contributed by atoms with Gasteiger partial charge in [-0.25, -0.2) is 0 Å². The van der Waals surface area contributed by atoms with Crippen molar-refractivity contribution in [2.75, 3.05) is 6.54 Å². The number of nitrogens with one attached hydrogen (secondary N) is 1. The summed E-state index contributed by atoms with van der Waals surface area (Å²) in [5.41, 5.74) is -0.226. The van der Waals surface area contributed by atoms with E-state index in [2.05, 4.69) is 15.5 Å². The molecule has 0 radical (unpaired) electrons. The maximum absolute atomic E-state index is 5.06. The third kappa shape index (κ3) is 1.82. The molecule has 0 amide bonds. The summed E-state index contributed by atoms with van der Waals surface area (Å²) in [5, 5.41) is 6.99. The van der Waals surface area contributed by atoms with Gasteiger partial charge in [-0.1, -0.05) is 12.1 Å². The van der Waals surface area contributed by atoms with Crippen LogP contribution in [0.15, 0.2) is 4.52 Å². The first-order valence-corrected chi connectivity index (χ1v) is 4.12. The molecule has 0 unspecified atom stereocenters. The highest BCUT2D eigenvalue weighted by Gasteiger charge is 2.25. The summed E-state index contributed by atoms with van der Waals surface area (Å²) in [6.07, 6.45) is 0. The van der Waals surface area contributed by atoms with Crippen molar-refractivity contribution in [2.45, 2.75) is 33.2 Å². The van der Waals surface area contributed by atoms with Crippen LogP contribution in [0.2, 0.25) is 0 Å². The van der Waals surface area contributed by atoms with Crippen LogP contribution in [0.4, 0.5) is 0 Å². The molecular weight excluding hydrogens is 154 g/mol. The topological polar surface area (TPSA) is 51.0 Å². The van der Waals surface area contributed by atoms with Crippen molar-refractivity contribution in [3.63, 3.8) is 0 Å². The van der Waals surface area contributed by atoms with Gasteiger partial charge in [0, 0.05) is 0 Å². The molecule has 0 aliphatic carbocycles. The van der Waals surface area contributed by atoms with Crippen LogP contribution in [-0.4, -0.2) is 16.7 Å². The van der Waals surface area contributed by atoms with Crippen LogP contribution in [0, 0.1) is 6.92 Å². The maximum atomic E-state index is 5.06. The van der Waals surface area contributed by atoms with Crippen LogP contribution in [0.5, 0.6) is 0 Å². The molecule has 0 bridgehead atoms. The predicted molar refractivity (Wildman–Crippen MR) is 45.7 cm³/mol. The lowest BCUT2D eigenvalue weighted by atomic mass is 10.1. The van der Waals surface area contributed by atoms with Crippen LogP contribution in [0.3, 0.4) is 0 Å². The number of nitrogens with zero attached hydrogens (tertiary/aromatic N) is 2. The molecule has 1 heterocycles. The Morgan fingerprint density at radius 3 is 2.58 bits per heavy atom. The number of aryl methyl sites for hydroxylation is 1. The highest BCUT2D eigenvalue weighted by Crippen LogP contribution is 2.16. The molecule has 0 fully saturated rings. The van der Waals surface area contributed by atoms with Gasteiger partial charge >= 0.3 is 0 Å². The van der Waals surface area contributed by atoms with Crippen molar-refractivity contribution in [3.8, 4) is 0 Å². The molecule has 1 rings (SSSR count). The lowest BCUT2D eigenvalue weighted by Crippen LogP contribution is -2.36. The van der Waals surface area contributed by atoms with E-state index in [1.165, 1.54) is 0 Å². The first-order valence-electron chi connectivity index (χ1n) is 4.12. The Morgan fingerprint density at radius 1 is 1.50 bits per heavy atom. The third-order valence-corrected chi connectivity index (χ3v) is 1.68. The Hall–Kier alpha value is -0.900. The van der Waals surface area contributed by atoms with E-state index in [1.807, 2.05) is 27.7 Å². The van der Waals surface area contributed by atoms with Crippen molar-refractivity contribution >= 4 is 0 Å². The zero-order valence-corrected chi connectivity index (χ0v) is 8.01. The van der Waals surface area contributed by atoms with Crippen molar-refractivity contribution in [2.24, 2.45) is 0 Å². The second-order valence-electron chi connectivity index (χ2n) is 3.30. The van der Waals surface area contributed by atoms with Gasteiger partial charge in [-0.15, -0.1) is 0 Å². The van der Waals surface area contributed by atoms with E-state index in [1.54, 1.807) is 0 Å². The SMILES string of the molecule is CCNC(C)(C)c1nc(C)no1. The van der Waals surface area contributed by atoms with E-state index in [4.69, 9.17) is 4.52 Å². The van der Waals surface area contributed by atoms with Gasteiger partial charge in [-0.3, -0.25) is 0 Å². The van der Waals surface area contributed by atoms with Gasteiger partial charge in [0.15, 0.2) is 5.82 Å². The van der Waals surface area contributed by atoms with Gasteiger partial charge in [-0.2, -0.15) is 4.98 Å². The van der Waals surface area contributed by atoms with Crippen LogP contribution in [-0.2, 0) is 5.54 Å². The number of hydrogen-bond donors (Lipinski definition) is 1. The number of rotatable bonds is 3. The van der Waals surface area contributed by atoms with E-state index in [9.17, 15) is 0 Å². The minimum atomic E-state index is -0.226. The fourth-order valence-electron chi connectivity index (χ4n) is 1.07. The molecule has 4 nitrogen and oxygen atoms in total. The van der Waals surface area contributed by atoms with E-state index >= 15 is 0 Å². The fraction of sp³-hybridized carbons (Fsp3) is 0.750. The summed E-state index contributed by atoms with van der Waals surface area (Å²) < 4.78 is 5.06. The predicted octanol–water partition coefficient (Wildman–Crippen LogP) is 1.22. The van der Waals surface area contributed by atoms with Gasteiger partial charge in [0.1, 0.15) is 0 Å². The molecule has 1 aromatic heterocycles. The second kappa shape index (κ2) is 3.23. The van der Waals surface area contributed by atoms with Gasteiger partial charge in [0.05, 0.1) is 5.54 Å². The summed E-state index contributed by atoms with van der Waals surface area (Å²) in [6.45, 7) is 8.78. The summed E-state index contributed by atoms with van der Waals surface area (Å²) in [6, 6.07) is 0. The Balaban J connectivity index is 2.81. The van der Waals surface area contributed by atoms with Crippen molar-refractivity contribution in [3.05, 3.63) is 11.7 Å². The average molecular weight is 169 g/mol. The van der Waals surface area contributed by atoms with Gasteiger partial charge in [0.2, 0.25) is 5.89 Å². The molecule has 0 saturated heterocycles. The highest BCUT2D eigenvalue weighted by molar-refractivity contribution is 4.97. The largest absolute Gasteiger partial charge is 0.337 e. The standard InChI is InChI=1S/C8H15N3O/c1-5-9-8(3,4)7-10-6(2)11-12-7/h9H,5H2,1-4H3. The molecule has 1 aromatic rings. The summed E-state index contributed by atoms with van der Waals surface area (Å²) >= 11 is 0. The summed E-state index contributed by atoms with van der Waals surface area (Å²) in [7, 11) is 0. The van der Waals surface area contributed by atoms with Crippen LogP contribution < -0.4 is 5.32 Å². The Kier molecular flexibility index (Phi) is 2.47. The van der Waals surface area contributed by atoms with E-state index in [0.29, 0.717) is 11.7 Å². The fourth-order valence-corrected chi connectivity index (χ4v) is 1.07. The molecule has 0 aliphatic rings. The van der Waals surface area contributed by atoms with Crippen molar-refractivity contribution in [1.82, 2.24) is 15.5 Å². The lowest BCUT2D eigenvalue weighted by Gasteiger charge is -2.20. The highest BCUT2D eigenvalue weighted by atomic mass is 16.5. The molecule has 0 aromatic carbocycles. The van der Waals surface area contributed by atoms with Crippen LogP contribution in [0.25, 0.3) is 0 Å². The lowest BCUT2D eigenvalue weighted by molar-refractivity contribution is 0.271. The summed E-state index contributed by atoms with van der Waals surface area (Å²) in [4.78, 5) is 4.16. The quantitative estimate of drug-likeness (QED) is 0.739. The first kappa shape index (κ1) is 9.19. The van der Waals surface area contributed by atoms with E-state index in [0.717, 1.165) is 6.54 Å².